The fourth-order valence-corrected chi connectivity index (χ4v) is 2.57. The van der Waals surface area contributed by atoms with Crippen molar-refractivity contribution in [3.8, 4) is 6.07 Å². The van der Waals surface area contributed by atoms with Crippen molar-refractivity contribution >= 4 is 22.5 Å². The highest BCUT2D eigenvalue weighted by Crippen LogP contribution is 2.27. The Kier molecular flexibility index (Phi) is 3.11. The van der Waals surface area contributed by atoms with Crippen LogP contribution in [0.1, 0.15) is 16.7 Å². The predicted molar refractivity (Wildman–Crippen MR) is 85.6 cm³/mol. The third kappa shape index (κ3) is 2.03. The van der Waals surface area contributed by atoms with Gasteiger partial charge in [-0.3, -0.25) is 4.40 Å². The van der Waals surface area contributed by atoms with E-state index in [0.717, 1.165) is 28.0 Å². The van der Waals surface area contributed by atoms with Crippen molar-refractivity contribution in [2.24, 2.45) is 0 Å². The van der Waals surface area contributed by atoms with Gasteiger partial charge in [0.25, 0.3) is 0 Å². The van der Waals surface area contributed by atoms with E-state index in [0.29, 0.717) is 17.8 Å². The van der Waals surface area contributed by atoms with E-state index in [-0.39, 0.29) is 0 Å². The zero-order chi connectivity index (χ0) is 15.0. The van der Waals surface area contributed by atoms with Gasteiger partial charge >= 0.3 is 0 Å². The van der Waals surface area contributed by atoms with Crippen LogP contribution in [0.3, 0.4) is 0 Å². The third-order valence-corrected chi connectivity index (χ3v) is 3.56. The highest BCUT2D eigenvalue weighted by Gasteiger charge is 2.14. The summed E-state index contributed by atoms with van der Waals surface area (Å²) in [5.74, 6) is 0.924. The Balaban J connectivity index is 2.44. The topological polar surface area (TPSA) is 53.1 Å². The van der Waals surface area contributed by atoms with Gasteiger partial charge in [0, 0.05) is 6.54 Å². The highest BCUT2D eigenvalue weighted by molar-refractivity contribution is 5.85. The number of rotatable bonds is 3. The van der Waals surface area contributed by atoms with Crippen LogP contribution in [0.25, 0.3) is 16.7 Å². The number of aryl methyl sites for hydroxylation is 2. The third-order valence-electron chi connectivity index (χ3n) is 3.56. The number of hydrogen-bond donors (Lipinski definition) is 1. The van der Waals surface area contributed by atoms with Gasteiger partial charge in [-0.15, -0.1) is 6.58 Å². The second-order valence-electron chi connectivity index (χ2n) is 5.13. The van der Waals surface area contributed by atoms with Crippen LogP contribution in [-0.2, 0) is 0 Å². The summed E-state index contributed by atoms with van der Waals surface area (Å²) in [6.45, 7) is 8.36. The van der Waals surface area contributed by atoms with Gasteiger partial charge in [-0.25, -0.2) is 4.98 Å². The van der Waals surface area contributed by atoms with Crippen molar-refractivity contribution in [1.29, 1.82) is 5.26 Å². The van der Waals surface area contributed by atoms with Crippen molar-refractivity contribution in [2.45, 2.75) is 13.8 Å². The number of hydrogen-bond acceptors (Lipinski definition) is 3. The molecule has 4 heteroatoms. The Morgan fingerprint density at radius 2 is 2.19 bits per heavy atom. The number of pyridine rings is 1. The molecule has 3 aromatic rings. The summed E-state index contributed by atoms with van der Waals surface area (Å²) >= 11 is 0. The molecule has 0 aliphatic rings. The molecule has 21 heavy (non-hydrogen) atoms. The first-order valence-corrected chi connectivity index (χ1v) is 6.83. The Bertz CT molecular complexity index is 897. The molecule has 2 aromatic heterocycles. The standard InChI is InChI=1S/C17H16N4/c1-4-7-19-16-9-12(3)13(10-18)17-20-14-8-11(2)5-6-15(14)21(16)17/h4-6,8-9,19H,1,7H2,2-3H3. The Hall–Kier alpha value is -2.80. The zero-order valence-electron chi connectivity index (χ0n) is 12.1. The number of aromatic nitrogens is 2. The maximum atomic E-state index is 9.42. The molecule has 0 fully saturated rings. The van der Waals surface area contributed by atoms with E-state index >= 15 is 0 Å². The van der Waals surface area contributed by atoms with Crippen molar-refractivity contribution in [3.05, 3.63) is 53.6 Å². The first-order chi connectivity index (χ1) is 10.2. The van der Waals surface area contributed by atoms with Crippen LogP contribution in [0, 0.1) is 25.2 Å². The summed E-state index contributed by atoms with van der Waals surface area (Å²) in [6.07, 6.45) is 1.81. The maximum absolute atomic E-state index is 9.42. The molecule has 0 aliphatic carbocycles. The Morgan fingerprint density at radius 1 is 1.38 bits per heavy atom. The average molecular weight is 276 g/mol. The summed E-state index contributed by atoms with van der Waals surface area (Å²) in [6, 6.07) is 10.4. The van der Waals surface area contributed by atoms with Gasteiger partial charge in [0.05, 0.1) is 16.6 Å². The molecule has 0 radical (unpaired) electrons. The molecule has 104 valence electrons. The quantitative estimate of drug-likeness (QED) is 0.744. The minimum atomic E-state index is 0.619. The summed E-state index contributed by atoms with van der Waals surface area (Å²) in [5.41, 5.74) is 5.29. The maximum Gasteiger partial charge on any atom is 0.157 e. The second kappa shape index (κ2) is 4.95. The number of nitrogens with zero attached hydrogens (tertiary/aromatic N) is 3. The van der Waals surface area contributed by atoms with E-state index in [1.807, 2.05) is 42.5 Å². The van der Waals surface area contributed by atoms with Gasteiger partial charge < -0.3 is 5.32 Å². The zero-order valence-corrected chi connectivity index (χ0v) is 12.1. The van der Waals surface area contributed by atoms with Crippen LogP contribution in [-0.4, -0.2) is 15.9 Å². The van der Waals surface area contributed by atoms with Crippen LogP contribution in [0.5, 0.6) is 0 Å². The molecule has 1 aromatic carbocycles. The number of fused-ring (bicyclic) bond motifs is 3. The lowest BCUT2D eigenvalue weighted by Gasteiger charge is -2.11. The lowest BCUT2D eigenvalue weighted by atomic mass is 10.1. The summed E-state index contributed by atoms with van der Waals surface area (Å²) in [5, 5.41) is 12.7. The van der Waals surface area contributed by atoms with Crippen LogP contribution in [0.4, 0.5) is 5.82 Å². The van der Waals surface area contributed by atoms with Gasteiger partial charge in [-0.05, 0) is 43.2 Å². The molecule has 0 saturated heterocycles. The number of imidazole rings is 1. The molecule has 0 spiro atoms. The van der Waals surface area contributed by atoms with Crippen molar-refractivity contribution in [3.63, 3.8) is 0 Å². The molecule has 0 bridgehead atoms. The molecule has 3 rings (SSSR count). The van der Waals surface area contributed by atoms with Crippen LogP contribution in [0.2, 0.25) is 0 Å². The van der Waals surface area contributed by atoms with E-state index in [4.69, 9.17) is 0 Å². The van der Waals surface area contributed by atoms with Gasteiger partial charge in [-0.1, -0.05) is 12.1 Å². The number of nitrogens with one attached hydrogen (secondary N) is 1. The van der Waals surface area contributed by atoms with Crippen LogP contribution < -0.4 is 5.32 Å². The first-order valence-electron chi connectivity index (χ1n) is 6.83. The smallest absolute Gasteiger partial charge is 0.157 e. The van der Waals surface area contributed by atoms with Crippen molar-refractivity contribution in [2.75, 3.05) is 11.9 Å². The molecule has 1 N–H and O–H groups in total. The minimum Gasteiger partial charge on any atom is -0.368 e. The number of nitriles is 1. The fourth-order valence-electron chi connectivity index (χ4n) is 2.57. The monoisotopic (exact) mass is 276 g/mol. The molecule has 0 aliphatic heterocycles. The van der Waals surface area contributed by atoms with E-state index in [1.54, 1.807) is 0 Å². The lowest BCUT2D eigenvalue weighted by Crippen LogP contribution is -2.05. The van der Waals surface area contributed by atoms with E-state index in [9.17, 15) is 5.26 Å². The molecule has 0 unspecified atom stereocenters. The average Bonchev–Trinajstić information content (AvgIpc) is 2.82. The first kappa shape index (κ1) is 13.2. The second-order valence-corrected chi connectivity index (χ2v) is 5.13. The largest absolute Gasteiger partial charge is 0.368 e. The molecule has 0 amide bonds. The van der Waals surface area contributed by atoms with Crippen molar-refractivity contribution < 1.29 is 0 Å². The summed E-state index contributed by atoms with van der Waals surface area (Å²) < 4.78 is 2.00. The van der Waals surface area contributed by atoms with Crippen LogP contribution >= 0.6 is 0 Å². The molecule has 2 heterocycles. The minimum absolute atomic E-state index is 0.619. The molecule has 0 saturated carbocycles. The van der Waals surface area contributed by atoms with Gasteiger partial charge in [0.1, 0.15) is 11.9 Å². The van der Waals surface area contributed by atoms with E-state index in [2.05, 4.69) is 29.0 Å². The normalized spacial score (nSPS) is 10.7. The molecule has 0 atom stereocenters. The van der Waals surface area contributed by atoms with E-state index in [1.165, 1.54) is 0 Å². The summed E-state index contributed by atoms with van der Waals surface area (Å²) in [7, 11) is 0. The Labute approximate surface area is 123 Å². The van der Waals surface area contributed by atoms with Gasteiger partial charge in [-0.2, -0.15) is 5.26 Å². The number of anilines is 1. The highest BCUT2D eigenvalue weighted by atomic mass is 15.1. The SMILES string of the molecule is C=CCNc1cc(C)c(C#N)c2nc3cc(C)ccc3n12. The van der Waals surface area contributed by atoms with Crippen molar-refractivity contribution in [1.82, 2.24) is 9.38 Å². The van der Waals surface area contributed by atoms with E-state index < -0.39 is 0 Å². The van der Waals surface area contributed by atoms with Gasteiger partial charge in [0.2, 0.25) is 0 Å². The lowest BCUT2D eigenvalue weighted by molar-refractivity contribution is 1.15. The van der Waals surface area contributed by atoms with Crippen LogP contribution in [0.15, 0.2) is 36.9 Å². The fraction of sp³-hybridized carbons (Fsp3) is 0.176. The summed E-state index contributed by atoms with van der Waals surface area (Å²) in [4.78, 5) is 4.65. The number of benzene rings is 1. The van der Waals surface area contributed by atoms with Gasteiger partial charge in [0.15, 0.2) is 5.65 Å². The predicted octanol–water partition coefficient (Wildman–Crippen LogP) is 3.57. The molecule has 4 nitrogen and oxygen atoms in total. The molecular weight excluding hydrogens is 260 g/mol. The Morgan fingerprint density at radius 3 is 2.90 bits per heavy atom. The molecular formula is C17H16N4.